The van der Waals surface area contributed by atoms with Gasteiger partial charge in [-0.25, -0.2) is 13.8 Å². The first-order valence-electron chi connectivity index (χ1n) is 9.34. The molecule has 8 heteroatoms. The molecule has 2 aliphatic rings. The first-order chi connectivity index (χ1) is 13.8. The summed E-state index contributed by atoms with van der Waals surface area (Å²) in [5.41, 5.74) is 1.66. The van der Waals surface area contributed by atoms with E-state index < -0.39 is 17.2 Å². The zero-order valence-corrected chi connectivity index (χ0v) is 16.2. The van der Waals surface area contributed by atoms with Gasteiger partial charge in [0.1, 0.15) is 35.3 Å². The Balaban J connectivity index is 1.72. The Labute approximate surface area is 165 Å². The number of H-pyrrole nitrogens is 1. The number of aromatic amines is 1. The second kappa shape index (κ2) is 5.92. The van der Waals surface area contributed by atoms with Crippen LogP contribution in [0.2, 0.25) is 0 Å². The van der Waals surface area contributed by atoms with Crippen molar-refractivity contribution in [2.24, 2.45) is 0 Å². The van der Waals surface area contributed by atoms with Crippen molar-refractivity contribution in [1.82, 2.24) is 14.9 Å². The standard InChI is InChI=1S/C21H19F2N3O3/c1-10-24-15-8-13(20(27)26(2)3)12-4-5-21(29-19(12)18(15)25-10)9-28-16-7-11(22)6-14(23)17(16)21/h6-8H,4-5,9H2,1-3H3,(H,24,25). The Morgan fingerprint density at radius 1 is 1.28 bits per heavy atom. The zero-order chi connectivity index (χ0) is 20.5. The third-order valence-electron chi connectivity index (χ3n) is 5.61. The quantitative estimate of drug-likeness (QED) is 0.681. The molecule has 6 nitrogen and oxygen atoms in total. The minimum atomic E-state index is -1.08. The van der Waals surface area contributed by atoms with Gasteiger partial charge >= 0.3 is 0 Å². The molecule has 3 heterocycles. The van der Waals surface area contributed by atoms with Crippen molar-refractivity contribution in [3.05, 3.63) is 52.3 Å². The summed E-state index contributed by atoms with van der Waals surface area (Å²) in [6.07, 6.45) is 0.889. The highest BCUT2D eigenvalue weighted by molar-refractivity contribution is 6.01. The van der Waals surface area contributed by atoms with E-state index in [9.17, 15) is 13.6 Å². The number of hydrogen-bond acceptors (Lipinski definition) is 4. The number of amides is 1. The van der Waals surface area contributed by atoms with Crippen LogP contribution < -0.4 is 9.47 Å². The average Bonchev–Trinajstić information content (AvgIpc) is 3.20. The maximum Gasteiger partial charge on any atom is 0.253 e. The molecule has 0 aliphatic carbocycles. The van der Waals surface area contributed by atoms with Gasteiger partial charge in [-0.3, -0.25) is 4.79 Å². The number of nitrogens with zero attached hydrogens (tertiary/aromatic N) is 2. The molecular weight excluding hydrogens is 380 g/mol. The van der Waals surface area contributed by atoms with Crippen LogP contribution in [0.5, 0.6) is 11.5 Å². The molecule has 1 aromatic heterocycles. The van der Waals surface area contributed by atoms with Gasteiger partial charge in [-0.05, 0) is 25.8 Å². The normalized spacial score (nSPS) is 19.6. The second-order valence-electron chi connectivity index (χ2n) is 7.79. The Kier molecular flexibility index (Phi) is 3.65. The Morgan fingerprint density at radius 2 is 2.07 bits per heavy atom. The van der Waals surface area contributed by atoms with E-state index >= 15 is 0 Å². The zero-order valence-electron chi connectivity index (χ0n) is 16.2. The van der Waals surface area contributed by atoms with Gasteiger partial charge in [-0.2, -0.15) is 0 Å². The van der Waals surface area contributed by atoms with Crippen molar-refractivity contribution in [3.8, 4) is 11.5 Å². The fourth-order valence-electron chi connectivity index (χ4n) is 4.30. The van der Waals surface area contributed by atoms with E-state index in [-0.39, 0.29) is 23.8 Å². The number of carbonyl (C=O) groups excluding carboxylic acids is 1. The van der Waals surface area contributed by atoms with E-state index in [1.165, 1.54) is 11.0 Å². The largest absolute Gasteiger partial charge is 0.488 e. The summed E-state index contributed by atoms with van der Waals surface area (Å²) in [6, 6.07) is 3.78. The SMILES string of the molecule is Cc1nc2cc(C(=O)N(C)C)c3c(c2[nH]1)OC1(CC3)COc2cc(F)cc(F)c21. The van der Waals surface area contributed by atoms with E-state index in [2.05, 4.69) is 9.97 Å². The Hall–Kier alpha value is -3.16. The van der Waals surface area contributed by atoms with Gasteiger partial charge in [0.25, 0.3) is 5.91 Å². The van der Waals surface area contributed by atoms with E-state index in [4.69, 9.17) is 9.47 Å². The first-order valence-corrected chi connectivity index (χ1v) is 9.34. The highest BCUT2D eigenvalue weighted by atomic mass is 19.1. The van der Waals surface area contributed by atoms with Crippen LogP contribution >= 0.6 is 0 Å². The monoisotopic (exact) mass is 399 g/mol. The first kappa shape index (κ1) is 17.9. The highest BCUT2D eigenvalue weighted by Crippen LogP contribution is 2.50. The van der Waals surface area contributed by atoms with Gasteiger partial charge in [0.15, 0.2) is 11.4 Å². The maximum atomic E-state index is 14.7. The van der Waals surface area contributed by atoms with Crippen LogP contribution in [0.25, 0.3) is 11.0 Å². The van der Waals surface area contributed by atoms with Crippen molar-refractivity contribution in [1.29, 1.82) is 0 Å². The van der Waals surface area contributed by atoms with Crippen LogP contribution in [0.1, 0.15) is 33.7 Å². The molecule has 0 saturated carbocycles. The van der Waals surface area contributed by atoms with Crippen LogP contribution in [0.3, 0.4) is 0 Å². The summed E-state index contributed by atoms with van der Waals surface area (Å²) in [4.78, 5) is 21.9. The van der Waals surface area contributed by atoms with Crippen LogP contribution in [-0.4, -0.2) is 41.5 Å². The maximum absolute atomic E-state index is 14.7. The summed E-state index contributed by atoms with van der Waals surface area (Å²) >= 11 is 0. The lowest BCUT2D eigenvalue weighted by Gasteiger charge is -2.35. The Morgan fingerprint density at radius 3 is 2.83 bits per heavy atom. The number of benzene rings is 2. The van der Waals surface area contributed by atoms with Crippen molar-refractivity contribution in [2.75, 3.05) is 20.7 Å². The van der Waals surface area contributed by atoms with Crippen molar-refractivity contribution in [3.63, 3.8) is 0 Å². The Bertz CT molecular complexity index is 1190. The predicted molar refractivity (Wildman–Crippen MR) is 101 cm³/mol. The molecule has 0 bridgehead atoms. The number of fused-ring (bicyclic) bond motifs is 5. The molecule has 3 aromatic rings. The molecule has 1 unspecified atom stereocenters. The lowest BCUT2D eigenvalue weighted by molar-refractivity contribution is 0.0216. The summed E-state index contributed by atoms with van der Waals surface area (Å²) in [7, 11) is 3.37. The van der Waals surface area contributed by atoms with Gasteiger partial charge in [-0.15, -0.1) is 0 Å². The molecule has 0 radical (unpaired) electrons. The van der Waals surface area contributed by atoms with Crippen LogP contribution in [0, 0.1) is 18.6 Å². The number of nitrogens with one attached hydrogen (secondary N) is 1. The number of hydrogen-bond donors (Lipinski definition) is 1. The second-order valence-corrected chi connectivity index (χ2v) is 7.79. The molecule has 5 rings (SSSR count). The molecule has 1 atom stereocenters. The summed E-state index contributed by atoms with van der Waals surface area (Å²) in [5, 5.41) is 0. The number of rotatable bonds is 1. The molecular formula is C21H19F2N3O3. The minimum absolute atomic E-state index is 0.0720. The summed E-state index contributed by atoms with van der Waals surface area (Å²) in [6.45, 7) is 1.89. The van der Waals surface area contributed by atoms with Gasteiger partial charge in [-0.1, -0.05) is 0 Å². The van der Waals surface area contributed by atoms with Gasteiger partial charge in [0, 0.05) is 37.4 Å². The number of ether oxygens (including phenoxy) is 2. The fourth-order valence-corrected chi connectivity index (χ4v) is 4.30. The third-order valence-corrected chi connectivity index (χ3v) is 5.61. The van der Waals surface area contributed by atoms with Crippen molar-refractivity contribution >= 4 is 16.9 Å². The highest BCUT2D eigenvalue weighted by Gasteiger charge is 2.49. The molecule has 150 valence electrons. The molecule has 1 amide bonds. The molecule has 0 fully saturated rings. The minimum Gasteiger partial charge on any atom is -0.488 e. The van der Waals surface area contributed by atoms with Gasteiger partial charge < -0.3 is 19.4 Å². The number of imidazole rings is 1. The van der Waals surface area contributed by atoms with E-state index in [0.29, 0.717) is 41.0 Å². The van der Waals surface area contributed by atoms with Crippen molar-refractivity contribution in [2.45, 2.75) is 25.4 Å². The van der Waals surface area contributed by atoms with Crippen molar-refractivity contribution < 1.29 is 23.0 Å². The summed E-state index contributed by atoms with van der Waals surface area (Å²) in [5.74, 6) is -0.238. The average molecular weight is 399 g/mol. The lowest BCUT2D eigenvalue weighted by atomic mass is 9.84. The topological polar surface area (TPSA) is 67.5 Å². The van der Waals surface area contributed by atoms with Gasteiger partial charge in [0.2, 0.25) is 0 Å². The number of halogens is 2. The molecule has 29 heavy (non-hydrogen) atoms. The number of aryl methyl sites for hydroxylation is 1. The predicted octanol–water partition coefficient (Wildman–Crippen LogP) is 3.46. The molecule has 1 N–H and O–H groups in total. The van der Waals surface area contributed by atoms with Gasteiger partial charge in [0.05, 0.1) is 11.1 Å². The molecule has 0 saturated heterocycles. The smallest absolute Gasteiger partial charge is 0.253 e. The molecule has 2 aliphatic heterocycles. The number of aromatic nitrogens is 2. The summed E-state index contributed by atoms with van der Waals surface area (Å²) < 4.78 is 40.3. The molecule has 2 aromatic carbocycles. The van der Waals surface area contributed by atoms with E-state index in [1.54, 1.807) is 20.2 Å². The lowest BCUT2D eigenvalue weighted by Crippen LogP contribution is -2.40. The number of carbonyl (C=O) groups is 1. The van der Waals surface area contributed by atoms with E-state index in [1.807, 2.05) is 6.92 Å². The van der Waals surface area contributed by atoms with Crippen LogP contribution in [0.4, 0.5) is 8.78 Å². The van der Waals surface area contributed by atoms with Crippen LogP contribution in [-0.2, 0) is 12.0 Å². The van der Waals surface area contributed by atoms with Crippen LogP contribution in [0.15, 0.2) is 18.2 Å². The fraction of sp³-hybridized carbons (Fsp3) is 0.333. The third kappa shape index (κ3) is 2.51. The van der Waals surface area contributed by atoms with E-state index in [0.717, 1.165) is 11.6 Å². The molecule has 1 spiro atoms.